The summed E-state index contributed by atoms with van der Waals surface area (Å²) in [4.78, 5) is 22.7. The van der Waals surface area contributed by atoms with Gasteiger partial charge in [0.05, 0.1) is 11.0 Å². The van der Waals surface area contributed by atoms with E-state index < -0.39 is 10.8 Å². The minimum atomic E-state index is -0.603. The summed E-state index contributed by atoms with van der Waals surface area (Å²) >= 11 is 0. The van der Waals surface area contributed by atoms with Crippen LogP contribution in [0.5, 0.6) is 11.5 Å². The van der Waals surface area contributed by atoms with Gasteiger partial charge in [-0.1, -0.05) is 0 Å². The number of nitro benzene ring substituents is 1. The third kappa shape index (κ3) is 3.40. The second-order valence-electron chi connectivity index (χ2n) is 4.67. The van der Waals surface area contributed by atoms with Crippen LogP contribution in [0.25, 0.3) is 0 Å². The van der Waals surface area contributed by atoms with E-state index in [1.165, 1.54) is 12.1 Å². The van der Waals surface area contributed by atoms with Gasteiger partial charge in [-0.15, -0.1) is 0 Å². The molecule has 8 nitrogen and oxygen atoms in total. The summed E-state index contributed by atoms with van der Waals surface area (Å²) in [5, 5.41) is 16.7. The fraction of sp³-hybridized carbons (Fsp3) is 0.462. The topological polar surface area (TPSA) is 103 Å². The fourth-order valence-corrected chi connectivity index (χ4v) is 1.85. The molecule has 0 fully saturated rings. The molecular formula is C13H17N3O5. The highest BCUT2D eigenvalue weighted by atomic mass is 16.6. The Bertz CT molecular complexity index is 561. The van der Waals surface area contributed by atoms with Gasteiger partial charge in [0, 0.05) is 18.7 Å². The van der Waals surface area contributed by atoms with Gasteiger partial charge in [-0.2, -0.15) is 0 Å². The van der Waals surface area contributed by atoms with Gasteiger partial charge in [0.1, 0.15) is 18.8 Å². The lowest BCUT2D eigenvalue weighted by Gasteiger charge is -2.19. The van der Waals surface area contributed by atoms with Crippen molar-refractivity contribution in [2.75, 3.05) is 26.8 Å². The molecule has 2 N–H and O–H groups in total. The largest absolute Gasteiger partial charge is 0.486 e. The lowest BCUT2D eigenvalue weighted by Crippen LogP contribution is -2.37. The van der Waals surface area contributed by atoms with Gasteiger partial charge in [-0.3, -0.25) is 14.9 Å². The smallest absolute Gasteiger partial charge is 0.286 e. The molecule has 1 aliphatic rings. The fourth-order valence-electron chi connectivity index (χ4n) is 1.85. The predicted molar refractivity (Wildman–Crippen MR) is 74.9 cm³/mol. The molecule has 2 rings (SSSR count). The Morgan fingerprint density at radius 3 is 2.57 bits per heavy atom. The first-order valence-electron chi connectivity index (χ1n) is 6.56. The van der Waals surface area contributed by atoms with Gasteiger partial charge in [-0.25, -0.2) is 0 Å². The molecule has 1 unspecified atom stereocenters. The molecule has 1 aromatic rings. The number of amides is 1. The van der Waals surface area contributed by atoms with Crippen LogP contribution in [-0.2, 0) is 0 Å². The monoisotopic (exact) mass is 295 g/mol. The van der Waals surface area contributed by atoms with Gasteiger partial charge >= 0.3 is 0 Å². The van der Waals surface area contributed by atoms with Crippen molar-refractivity contribution < 1.29 is 19.2 Å². The molecule has 0 aliphatic carbocycles. The minimum Gasteiger partial charge on any atom is -0.486 e. The van der Waals surface area contributed by atoms with E-state index >= 15 is 0 Å². The molecule has 21 heavy (non-hydrogen) atoms. The molecule has 1 aromatic carbocycles. The highest BCUT2D eigenvalue weighted by Crippen LogP contribution is 2.36. The van der Waals surface area contributed by atoms with Gasteiger partial charge < -0.3 is 20.1 Å². The van der Waals surface area contributed by atoms with E-state index in [9.17, 15) is 14.9 Å². The first-order valence-corrected chi connectivity index (χ1v) is 6.56. The summed E-state index contributed by atoms with van der Waals surface area (Å²) in [6.45, 7) is 2.93. The number of hydrogen-bond donors (Lipinski definition) is 2. The highest BCUT2D eigenvalue weighted by Gasteiger charge is 2.26. The number of rotatable bonds is 5. The average molecular weight is 295 g/mol. The zero-order valence-electron chi connectivity index (χ0n) is 11.8. The van der Waals surface area contributed by atoms with Gasteiger partial charge in [0.2, 0.25) is 0 Å². The van der Waals surface area contributed by atoms with Crippen LogP contribution in [-0.4, -0.2) is 43.7 Å². The number of nitrogens with zero attached hydrogens (tertiary/aromatic N) is 1. The number of fused-ring (bicyclic) bond motifs is 1. The Balaban J connectivity index is 2.28. The number of carbonyl (C=O) groups is 1. The number of nitrogens with one attached hydrogen (secondary N) is 2. The van der Waals surface area contributed by atoms with E-state index in [0.29, 0.717) is 25.5 Å². The molecule has 0 saturated carbocycles. The zero-order chi connectivity index (χ0) is 15.4. The van der Waals surface area contributed by atoms with Crippen molar-refractivity contribution in [1.82, 2.24) is 10.6 Å². The first kappa shape index (κ1) is 15.0. The molecular weight excluding hydrogens is 278 g/mol. The SMILES string of the molecule is CNC(C)CNC(=O)c1cc2c(cc1[N+](=O)[O-])OCCO2. The van der Waals surface area contributed by atoms with Crippen LogP contribution in [0.2, 0.25) is 0 Å². The molecule has 1 heterocycles. The van der Waals surface area contributed by atoms with E-state index in [4.69, 9.17) is 9.47 Å². The molecule has 0 aromatic heterocycles. The first-order chi connectivity index (χ1) is 10.0. The van der Waals surface area contributed by atoms with Crippen LogP contribution in [0.3, 0.4) is 0 Å². The number of likely N-dealkylation sites (N-methyl/N-ethyl adjacent to an activating group) is 1. The molecule has 0 spiro atoms. The standard InChI is InChI=1S/C13H17N3O5/c1-8(14-2)7-15-13(17)9-5-11-12(21-4-3-20-11)6-10(9)16(18)19/h5-6,8,14H,3-4,7H2,1-2H3,(H,15,17). The third-order valence-corrected chi connectivity index (χ3v) is 3.16. The molecule has 0 bridgehead atoms. The average Bonchev–Trinajstić information content (AvgIpc) is 2.50. The quantitative estimate of drug-likeness (QED) is 0.612. The molecule has 1 atom stereocenters. The van der Waals surface area contributed by atoms with Crippen LogP contribution in [0, 0.1) is 10.1 Å². The van der Waals surface area contributed by atoms with E-state index in [1.54, 1.807) is 7.05 Å². The lowest BCUT2D eigenvalue weighted by atomic mass is 10.1. The van der Waals surface area contributed by atoms with Gasteiger partial charge in [-0.05, 0) is 14.0 Å². The van der Waals surface area contributed by atoms with E-state index in [2.05, 4.69) is 10.6 Å². The van der Waals surface area contributed by atoms with Crippen molar-refractivity contribution in [3.05, 3.63) is 27.8 Å². The van der Waals surface area contributed by atoms with Crippen molar-refractivity contribution in [1.29, 1.82) is 0 Å². The van der Waals surface area contributed by atoms with Crippen molar-refractivity contribution in [2.24, 2.45) is 0 Å². The Hall–Kier alpha value is -2.35. The van der Waals surface area contributed by atoms with Crippen LogP contribution in [0.15, 0.2) is 12.1 Å². The Morgan fingerprint density at radius 1 is 1.38 bits per heavy atom. The maximum Gasteiger partial charge on any atom is 0.286 e. The third-order valence-electron chi connectivity index (χ3n) is 3.16. The number of carbonyl (C=O) groups excluding carboxylic acids is 1. The molecule has 8 heteroatoms. The van der Waals surface area contributed by atoms with Crippen molar-refractivity contribution in [2.45, 2.75) is 13.0 Å². The Morgan fingerprint density at radius 2 is 2.00 bits per heavy atom. The number of benzene rings is 1. The van der Waals surface area contributed by atoms with Gasteiger partial charge in [0.15, 0.2) is 11.5 Å². The summed E-state index contributed by atoms with van der Waals surface area (Å²) in [6.07, 6.45) is 0. The summed E-state index contributed by atoms with van der Waals surface area (Å²) in [7, 11) is 1.77. The molecule has 114 valence electrons. The number of ether oxygens (including phenoxy) is 2. The highest BCUT2D eigenvalue weighted by molar-refractivity contribution is 5.99. The summed E-state index contributed by atoms with van der Waals surface area (Å²) < 4.78 is 10.6. The number of nitro groups is 1. The van der Waals surface area contributed by atoms with Gasteiger partial charge in [0.25, 0.3) is 11.6 Å². The van der Waals surface area contributed by atoms with E-state index in [0.717, 1.165) is 0 Å². The Kier molecular flexibility index (Phi) is 4.59. The summed E-state index contributed by atoms with van der Waals surface area (Å²) in [6, 6.07) is 2.64. The van der Waals surface area contributed by atoms with Crippen LogP contribution in [0.1, 0.15) is 17.3 Å². The molecule has 0 saturated heterocycles. The minimum absolute atomic E-state index is 0.0347. The second-order valence-corrected chi connectivity index (χ2v) is 4.67. The van der Waals surface area contributed by atoms with Crippen LogP contribution >= 0.6 is 0 Å². The zero-order valence-corrected chi connectivity index (χ0v) is 11.8. The van der Waals surface area contributed by atoms with E-state index in [-0.39, 0.29) is 23.0 Å². The van der Waals surface area contributed by atoms with Crippen LogP contribution < -0.4 is 20.1 Å². The maximum atomic E-state index is 12.1. The molecule has 0 radical (unpaired) electrons. The molecule has 1 aliphatic heterocycles. The number of hydrogen-bond acceptors (Lipinski definition) is 6. The summed E-state index contributed by atoms with van der Waals surface area (Å²) in [5.74, 6) is 0.118. The lowest BCUT2D eigenvalue weighted by molar-refractivity contribution is -0.385. The maximum absolute atomic E-state index is 12.1. The van der Waals surface area contributed by atoms with Crippen molar-refractivity contribution in [3.8, 4) is 11.5 Å². The van der Waals surface area contributed by atoms with Crippen molar-refractivity contribution in [3.63, 3.8) is 0 Å². The Labute approximate surface area is 121 Å². The molecule has 1 amide bonds. The summed E-state index contributed by atoms with van der Waals surface area (Å²) in [5.41, 5.74) is -0.332. The predicted octanol–water partition coefficient (Wildman–Crippen LogP) is 0.704. The second kappa shape index (κ2) is 6.40. The van der Waals surface area contributed by atoms with E-state index in [1.807, 2.05) is 6.92 Å². The van der Waals surface area contributed by atoms with Crippen LogP contribution in [0.4, 0.5) is 5.69 Å². The normalized spacial score (nSPS) is 14.4. The van der Waals surface area contributed by atoms with Crippen molar-refractivity contribution >= 4 is 11.6 Å².